The largest absolute Gasteiger partial charge is 0.388 e. The fourth-order valence-electron chi connectivity index (χ4n) is 0.605. The molecule has 1 N–H and O–H groups in total. The number of para-hydroxylation sites is 1. The molecule has 0 fully saturated rings. The lowest BCUT2D eigenvalue weighted by atomic mass is 10.3. The lowest BCUT2D eigenvalue weighted by Crippen LogP contribution is -1.84. The molecular weight excluding hydrogens is 134 g/mol. The van der Waals surface area contributed by atoms with E-state index in [1.54, 1.807) is 6.92 Å². The van der Waals surface area contributed by atoms with Gasteiger partial charge in [-0.2, -0.15) is 0 Å². The van der Waals surface area contributed by atoms with E-state index in [1.807, 2.05) is 37.4 Å². The molecular formula is C10H13N. The number of hydrogen-bond donors (Lipinski definition) is 1. The molecule has 0 aliphatic carbocycles. The third kappa shape index (κ3) is 5.05. The van der Waals surface area contributed by atoms with Gasteiger partial charge in [0.05, 0.1) is 0 Å². The van der Waals surface area contributed by atoms with Gasteiger partial charge in [0, 0.05) is 12.7 Å². The lowest BCUT2D eigenvalue weighted by molar-refractivity contribution is 1.51. The van der Waals surface area contributed by atoms with E-state index < -0.39 is 0 Å². The summed E-state index contributed by atoms with van der Waals surface area (Å²) in [6.07, 6.45) is 4.60. The summed E-state index contributed by atoms with van der Waals surface area (Å²) < 4.78 is 0. The molecule has 0 atom stereocenters. The van der Waals surface area contributed by atoms with Crippen LogP contribution in [0, 0.1) is 12.3 Å². The van der Waals surface area contributed by atoms with Crippen LogP contribution in [0.1, 0.15) is 6.92 Å². The Kier molecular flexibility index (Phi) is 5.83. The first kappa shape index (κ1) is 9.58. The smallest absolute Gasteiger partial charge is 0.0337 e. The Morgan fingerprint density at radius 1 is 1.27 bits per heavy atom. The molecule has 0 saturated heterocycles. The maximum atomic E-state index is 4.60. The molecule has 0 aromatic heterocycles. The summed E-state index contributed by atoms with van der Waals surface area (Å²) in [6.45, 7) is 1.65. The van der Waals surface area contributed by atoms with E-state index in [2.05, 4.69) is 17.7 Å². The van der Waals surface area contributed by atoms with Crippen molar-refractivity contribution in [2.75, 3.05) is 12.4 Å². The van der Waals surface area contributed by atoms with Gasteiger partial charge in [-0.1, -0.05) is 18.2 Å². The van der Waals surface area contributed by atoms with Gasteiger partial charge in [-0.15, -0.1) is 12.3 Å². The van der Waals surface area contributed by atoms with Gasteiger partial charge in [0.1, 0.15) is 0 Å². The van der Waals surface area contributed by atoms with Crippen LogP contribution in [0.15, 0.2) is 30.3 Å². The van der Waals surface area contributed by atoms with Crippen LogP contribution in [-0.4, -0.2) is 7.05 Å². The second kappa shape index (κ2) is 6.70. The third-order valence-electron chi connectivity index (χ3n) is 1.06. The summed E-state index contributed by atoms with van der Waals surface area (Å²) in [5, 5.41) is 3.03. The van der Waals surface area contributed by atoms with E-state index in [-0.39, 0.29) is 0 Å². The van der Waals surface area contributed by atoms with Gasteiger partial charge in [0.2, 0.25) is 0 Å². The maximum absolute atomic E-state index is 4.60. The first-order chi connectivity index (χ1) is 5.35. The van der Waals surface area contributed by atoms with Crippen LogP contribution in [-0.2, 0) is 0 Å². The zero-order valence-corrected chi connectivity index (χ0v) is 6.96. The van der Waals surface area contributed by atoms with E-state index in [9.17, 15) is 0 Å². The van der Waals surface area contributed by atoms with Gasteiger partial charge in [0.15, 0.2) is 0 Å². The average molecular weight is 147 g/mol. The van der Waals surface area contributed by atoms with Crippen molar-refractivity contribution >= 4 is 5.69 Å². The fraction of sp³-hybridized carbons (Fsp3) is 0.200. The van der Waals surface area contributed by atoms with Crippen molar-refractivity contribution in [2.24, 2.45) is 0 Å². The molecule has 0 bridgehead atoms. The number of nitrogens with one attached hydrogen (secondary N) is 1. The lowest BCUT2D eigenvalue weighted by Gasteiger charge is -1.94. The molecule has 0 radical (unpaired) electrons. The number of hydrogen-bond acceptors (Lipinski definition) is 1. The highest BCUT2D eigenvalue weighted by atomic mass is 14.8. The number of terminal acetylenes is 1. The first-order valence-electron chi connectivity index (χ1n) is 3.45. The highest BCUT2D eigenvalue weighted by molar-refractivity contribution is 5.41. The molecule has 1 heteroatoms. The molecule has 0 amide bonds. The number of anilines is 1. The van der Waals surface area contributed by atoms with Crippen LogP contribution in [0.25, 0.3) is 0 Å². The predicted molar refractivity (Wildman–Crippen MR) is 50.5 cm³/mol. The van der Waals surface area contributed by atoms with Gasteiger partial charge in [-0.3, -0.25) is 0 Å². The summed E-state index contributed by atoms with van der Waals surface area (Å²) in [5.41, 5.74) is 1.16. The molecule has 58 valence electrons. The topological polar surface area (TPSA) is 12.0 Å². The van der Waals surface area contributed by atoms with E-state index in [0.717, 1.165) is 5.69 Å². The van der Waals surface area contributed by atoms with Gasteiger partial charge in [0.25, 0.3) is 0 Å². The molecule has 1 rings (SSSR count). The standard InChI is InChI=1S/C7H9N.C3H4/c1-8-7-5-3-2-4-6-7;1-3-2/h2-6,8H,1H3;1H,2H3. The SMILES string of the molecule is C#CC.CNc1ccccc1. The monoisotopic (exact) mass is 147 g/mol. The van der Waals surface area contributed by atoms with Crippen LogP contribution in [0.2, 0.25) is 0 Å². The van der Waals surface area contributed by atoms with Crippen molar-refractivity contribution in [1.82, 2.24) is 0 Å². The summed E-state index contributed by atoms with van der Waals surface area (Å²) in [7, 11) is 1.91. The second-order valence-electron chi connectivity index (χ2n) is 1.90. The molecule has 0 aliphatic rings. The van der Waals surface area contributed by atoms with Crippen LogP contribution >= 0.6 is 0 Å². The minimum Gasteiger partial charge on any atom is -0.388 e. The summed E-state index contributed by atoms with van der Waals surface area (Å²) in [6, 6.07) is 10.1. The number of benzene rings is 1. The highest BCUT2D eigenvalue weighted by Gasteiger charge is 1.77. The van der Waals surface area contributed by atoms with Crippen molar-refractivity contribution in [1.29, 1.82) is 0 Å². The molecule has 0 heterocycles. The van der Waals surface area contributed by atoms with E-state index in [4.69, 9.17) is 0 Å². The van der Waals surface area contributed by atoms with Gasteiger partial charge >= 0.3 is 0 Å². The normalized spacial score (nSPS) is 7.00. The van der Waals surface area contributed by atoms with E-state index in [1.165, 1.54) is 0 Å². The Hall–Kier alpha value is -1.42. The van der Waals surface area contributed by atoms with Crippen molar-refractivity contribution in [2.45, 2.75) is 6.92 Å². The molecule has 0 spiro atoms. The van der Waals surface area contributed by atoms with Crippen LogP contribution in [0.4, 0.5) is 5.69 Å². The maximum Gasteiger partial charge on any atom is 0.0337 e. The minimum absolute atomic E-state index is 1.16. The van der Waals surface area contributed by atoms with Crippen molar-refractivity contribution < 1.29 is 0 Å². The van der Waals surface area contributed by atoms with Crippen molar-refractivity contribution in [3.63, 3.8) is 0 Å². The Balaban J connectivity index is 0.000000292. The molecule has 1 nitrogen and oxygen atoms in total. The Bertz CT molecular complexity index is 208. The van der Waals surface area contributed by atoms with Gasteiger partial charge in [-0.25, -0.2) is 0 Å². The van der Waals surface area contributed by atoms with Crippen LogP contribution < -0.4 is 5.32 Å². The third-order valence-corrected chi connectivity index (χ3v) is 1.06. The van der Waals surface area contributed by atoms with Gasteiger partial charge in [-0.05, 0) is 19.1 Å². The Morgan fingerprint density at radius 3 is 2.00 bits per heavy atom. The Morgan fingerprint density at radius 2 is 1.73 bits per heavy atom. The van der Waals surface area contributed by atoms with E-state index >= 15 is 0 Å². The van der Waals surface area contributed by atoms with Crippen LogP contribution in [0.3, 0.4) is 0 Å². The van der Waals surface area contributed by atoms with Crippen LogP contribution in [0.5, 0.6) is 0 Å². The molecule has 0 unspecified atom stereocenters. The first-order valence-corrected chi connectivity index (χ1v) is 3.45. The zero-order valence-electron chi connectivity index (χ0n) is 6.96. The summed E-state index contributed by atoms with van der Waals surface area (Å²) >= 11 is 0. The van der Waals surface area contributed by atoms with E-state index in [0.29, 0.717) is 0 Å². The zero-order chi connectivity index (χ0) is 8.53. The van der Waals surface area contributed by atoms with Crippen molar-refractivity contribution in [3.8, 4) is 12.3 Å². The summed E-state index contributed by atoms with van der Waals surface area (Å²) in [4.78, 5) is 0. The fourth-order valence-corrected chi connectivity index (χ4v) is 0.605. The molecule has 11 heavy (non-hydrogen) atoms. The quantitative estimate of drug-likeness (QED) is 0.601. The molecule has 0 aliphatic heterocycles. The second-order valence-corrected chi connectivity index (χ2v) is 1.90. The highest BCUT2D eigenvalue weighted by Crippen LogP contribution is 2.01. The average Bonchev–Trinajstić information content (AvgIpc) is 2.08. The Labute approximate surface area is 68.4 Å². The molecule has 1 aromatic carbocycles. The van der Waals surface area contributed by atoms with Gasteiger partial charge < -0.3 is 5.32 Å². The molecule has 1 aromatic rings. The molecule has 0 saturated carbocycles. The minimum atomic E-state index is 1.16. The predicted octanol–water partition coefficient (Wildman–Crippen LogP) is 2.37. The van der Waals surface area contributed by atoms with Crippen molar-refractivity contribution in [3.05, 3.63) is 30.3 Å². The summed E-state index contributed by atoms with van der Waals surface area (Å²) in [5.74, 6) is 2.25. The number of rotatable bonds is 1.